The minimum Gasteiger partial charge on any atom is -0.326 e. The van der Waals surface area contributed by atoms with Gasteiger partial charge in [0.25, 0.3) is 10.0 Å². The Morgan fingerprint density at radius 1 is 1.47 bits per heavy atom. The molecule has 0 atom stereocenters. The molecule has 19 heavy (non-hydrogen) atoms. The van der Waals surface area contributed by atoms with Gasteiger partial charge in [-0.15, -0.1) is 0 Å². The highest BCUT2D eigenvalue weighted by molar-refractivity contribution is 9.10. The predicted octanol–water partition coefficient (Wildman–Crippen LogP) is 1.57. The van der Waals surface area contributed by atoms with Crippen molar-refractivity contribution in [2.24, 2.45) is 5.73 Å². The summed E-state index contributed by atoms with van der Waals surface area (Å²) in [5.74, 6) is -0.473. The first-order valence-corrected chi connectivity index (χ1v) is 7.42. The van der Waals surface area contributed by atoms with Crippen molar-refractivity contribution >= 4 is 31.6 Å². The second-order valence-electron chi connectivity index (χ2n) is 3.66. The molecule has 0 aliphatic heterocycles. The zero-order valence-corrected chi connectivity index (χ0v) is 11.9. The molecule has 0 aliphatic rings. The average Bonchev–Trinajstić information content (AvgIpc) is 2.82. The molecule has 0 unspecified atom stereocenters. The third kappa shape index (κ3) is 2.94. The first kappa shape index (κ1) is 14.0. The summed E-state index contributed by atoms with van der Waals surface area (Å²) in [6.07, 6.45) is 1.34. The molecule has 1 aromatic heterocycles. The average molecular weight is 349 g/mol. The second kappa shape index (κ2) is 5.27. The zero-order chi connectivity index (χ0) is 14.0. The minimum atomic E-state index is -3.85. The number of aromatic amines is 1. The Balaban J connectivity index is 2.37. The molecule has 102 valence electrons. The summed E-state index contributed by atoms with van der Waals surface area (Å²) >= 11 is 3.08. The Bertz CT molecular complexity index is 701. The standard InChI is InChI=1S/C10H10BrFN4O2S/c11-8-3-7(12)1-2-9(8)16-19(17,18)10-6(4-13)5-14-15-10/h1-3,5,16H,4,13H2,(H,14,15). The maximum Gasteiger partial charge on any atom is 0.279 e. The van der Waals surface area contributed by atoms with Crippen LogP contribution in [0.25, 0.3) is 0 Å². The van der Waals surface area contributed by atoms with Gasteiger partial charge in [0, 0.05) is 16.6 Å². The number of rotatable bonds is 4. The van der Waals surface area contributed by atoms with Gasteiger partial charge in [0.05, 0.1) is 11.9 Å². The lowest BCUT2D eigenvalue weighted by atomic mass is 10.3. The summed E-state index contributed by atoms with van der Waals surface area (Å²) < 4.78 is 39.8. The number of nitrogens with zero attached hydrogens (tertiary/aromatic N) is 1. The molecule has 1 heterocycles. The number of H-pyrrole nitrogens is 1. The van der Waals surface area contributed by atoms with Crippen molar-refractivity contribution in [1.29, 1.82) is 0 Å². The van der Waals surface area contributed by atoms with Crippen molar-refractivity contribution in [3.63, 3.8) is 0 Å². The van der Waals surface area contributed by atoms with E-state index in [1.54, 1.807) is 0 Å². The highest BCUT2D eigenvalue weighted by atomic mass is 79.9. The van der Waals surface area contributed by atoms with E-state index < -0.39 is 15.8 Å². The van der Waals surface area contributed by atoms with E-state index in [0.29, 0.717) is 10.0 Å². The lowest BCUT2D eigenvalue weighted by Gasteiger charge is -2.09. The molecule has 2 aromatic rings. The third-order valence-corrected chi connectivity index (χ3v) is 4.38. The van der Waals surface area contributed by atoms with E-state index in [2.05, 4.69) is 30.8 Å². The van der Waals surface area contributed by atoms with E-state index in [1.165, 1.54) is 12.3 Å². The van der Waals surface area contributed by atoms with E-state index >= 15 is 0 Å². The van der Waals surface area contributed by atoms with Gasteiger partial charge < -0.3 is 5.73 Å². The quantitative estimate of drug-likeness (QED) is 0.780. The van der Waals surface area contributed by atoms with Crippen LogP contribution in [0.3, 0.4) is 0 Å². The van der Waals surface area contributed by atoms with Crippen molar-refractivity contribution in [3.05, 3.63) is 40.2 Å². The number of hydrogen-bond donors (Lipinski definition) is 3. The van der Waals surface area contributed by atoms with Crippen LogP contribution >= 0.6 is 15.9 Å². The predicted molar refractivity (Wildman–Crippen MR) is 71.4 cm³/mol. The fourth-order valence-electron chi connectivity index (χ4n) is 1.45. The molecule has 0 saturated carbocycles. The van der Waals surface area contributed by atoms with Gasteiger partial charge in [0.2, 0.25) is 0 Å². The van der Waals surface area contributed by atoms with Gasteiger partial charge in [0.1, 0.15) is 5.82 Å². The number of nitrogens with one attached hydrogen (secondary N) is 2. The van der Waals surface area contributed by atoms with Gasteiger partial charge in [0.15, 0.2) is 5.03 Å². The highest BCUT2D eigenvalue weighted by Crippen LogP contribution is 2.26. The summed E-state index contributed by atoms with van der Waals surface area (Å²) in [7, 11) is -3.85. The molecule has 0 radical (unpaired) electrons. The van der Waals surface area contributed by atoms with Gasteiger partial charge >= 0.3 is 0 Å². The summed E-state index contributed by atoms with van der Waals surface area (Å²) in [5.41, 5.74) is 6.01. The Hall–Kier alpha value is -1.45. The first-order chi connectivity index (χ1) is 8.94. The van der Waals surface area contributed by atoms with Crippen LogP contribution in [0.4, 0.5) is 10.1 Å². The van der Waals surface area contributed by atoms with Gasteiger partial charge in [-0.25, -0.2) is 4.39 Å². The van der Waals surface area contributed by atoms with E-state index in [-0.39, 0.29) is 17.3 Å². The van der Waals surface area contributed by atoms with Crippen molar-refractivity contribution in [2.75, 3.05) is 4.72 Å². The number of anilines is 1. The third-order valence-electron chi connectivity index (χ3n) is 2.34. The molecule has 0 fully saturated rings. The van der Waals surface area contributed by atoms with E-state index in [9.17, 15) is 12.8 Å². The summed E-state index contributed by atoms with van der Waals surface area (Å²) in [4.78, 5) is 0. The summed E-state index contributed by atoms with van der Waals surface area (Å²) in [5, 5.41) is 5.91. The van der Waals surface area contributed by atoms with Crippen molar-refractivity contribution < 1.29 is 12.8 Å². The zero-order valence-electron chi connectivity index (χ0n) is 9.52. The van der Waals surface area contributed by atoms with Crippen LogP contribution < -0.4 is 10.5 Å². The summed E-state index contributed by atoms with van der Waals surface area (Å²) in [6.45, 7) is 0.0390. The van der Waals surface area contributed by atoms with Gasteiger partial charge in [-0.3, -0.25) is 9.82 Å². The topological polar surface area (TPSA) is 101 Å². The molecule has 2 rings (SSSR count). The number of sulfonamides is 1. The maximum atomic E-state index is 12.9. The largest absolute Gasteiger partial charge is 0.326 e. The Morgan fingerprint density at radius 2 is 2.21 bits per heavy atom. The number of benzene rings is 1. The number of halogens is 2. The van der Waals surface area contributed by atoms with Crippen LogP contribution in [0.15, 0.2) is 33.9 Å². The second-order valence-corrected chi connectivity index (χ2v) is 6.13. The van der Waals surface area contributed by atoms with Gasteiger partial charge in [-0.1, -0.05) is 0 Å². The number of aromatic nitrogens is 2. The van der Waals surface area contributed by atoms with Crippen LogP contribution in [0.2, 0.25) is 0 Å². The van der Waals surface area contributed by atoms with Crippen LogP contribution in [0.1, 0.15) is 5.56 Å². The lowest BCUT2D eigenvalue weighted by Crippen LogP contribution is -2.16. The van der Waals surface area contributed by atoms with Gasteiger partial charge in [-0.2, -0.15) is 13.5 Å². The number of hydrogen-bond acceptors (Lipinski definition) is 4. The molecule has 0 aliphatic carbocycles. The highest BCUT2D eigenvalue weighted by Gasteiger charge is 2.21. The first-order valence-electron chi connectivity index (χ1n) is 5.14. The molecule has 0 bridgehead atoms. The Morgan fingerprint density at radius 3 is 2.84 bits per heavy atom. The van der Waals surface area contributed by atoms with Crippen molar-refractivity contribution in [3.8, 4) is 0 Å². The SMILES string of the molecule is NCc1cn[nH]c1S(=O)(=O)Nc1ccc(F)cc1Br. The maximum absolute atomic E-state index is 12.9. The smallest absolute Gasteiger partial charge is 0.279 e. The number of nitrogens with two attached hydrogens (primary N) is 1. The molecular formula is C10H10BrFN4O2S. The molecule has 0 saturated heterocycles. The monoisotopic (exact) mass is 348 g/mol. The molecule has 9 heteroatoms. The molecular weight excluding hydrogens is 339 g/mol. The van der Waals surface area contributed by atoms with Crippen molar-refractivity contribution in [1.82, 2.24) is 10.2 Å². The van der Waals surface area contributed by atoms with E-state index in [1.807, 2.05) is 0 Å². The summed E-state index contributed by atoms with van der Waals surface area (Å²) in [6, 6.07) is 3.63. The van der Waals surface area contributed by atoms with Crippen LogP contribution in [-0.2, 0) is 16.6 Å². The lowest BCUT2D eigenvalue weighted by molar-refractivity contribution is 0.595. The molecule has 0 spiro atoms. The fraction of sp³-hybridized carbons (Fsp3) is 0.100. The molecule has 0 amide bonds. The molecule has 1 aromatic carbocycles. The molecule has 4 N–H and O–H groups in total. The van der Waals surface area contributed by atoms with Gasteiger partial charge in [-0.05, 0) is 34.1 Å². The van der Waals surface area contributed by atoms with Crippen LogP contribution in [0, 0.1) is 5.82 Å². The Labute approximate surface area is 117 Å². The van der Waals surface area contributed by atoms with Crippen LogP contribution in [-0.4, -0.2) is 18.6 Å². The van der Waals surface area contributed by atoms with E-state index in [4.69, 9.17) is 5.73 Å². The van der Waals surface area contributed by atoms with E-state index in [0.717, 1.165) is 12.1 Å². The molecule has 6 nitrogen and oxygen atoms in total. The fourth-order valence-corrected chi connectivity index (χ4v) is 3.25. The minimum absolute atomic E-state index is 0.0390. The van der Waals surface area contributed by atoms with Crippen molar-refractivity contribution in [2.45, 2.75) is 11.6 Å². The normalized spacial score (nSPS) is 11.5. The van der Waals surface area contributed by atoms with Crippen LogP contribution in [0.5, 0.6) is 0 Å². The Kier molecular flexibility index (Phi) is 3.88.